The van der Waals surface area contributed by atoms with E-state index >= 15 is 0 Å². The average Bonchev–Trinajstić information content (AvgIpc) is 2.29. The van der Waals surface area contributed by atoms with Crippen LogP contribution in [-0.2, 0) is 25.5 Å². The molecule has 1 fully saturated rings. The summed E-state index contributed by atoms with van der Waals surface area (Å²) in [6.07, 6.45) is 10.0. The van der Waals surface area contributed by atoms with Crippen LogP contribution in [0.1, 0.15) is 51.4 Å². The molecular formula is C10H18NOTi. The first kappa shape index (κ1) is 11.3. The molecule has 1 N–H and O–H groups in total. The van der Waals surface area contributed by atoms with E-state index in [0.29, 0.717) is 5.92 Å². The molecule has 1 saturated carbocycles. The van der Waals surface area contributed by atoms with Gasteiger partial charge in [-0.15, -0.1) is 0 Å². The zero-order chi connectivity index (χ0) is 9.52. The SMILES string of the molecule is O=C([NH][Ti])C1CCCCCCCC1. The monoisotopic (exact) mass is 216 g/mol. The fourth-order valence-electron chi connectivity index (χ4n) is 2.00. The summed E-state index contributed by atoms with van der Waals surface area (Å²) >= 11 is 1.75. The third-order valence-corrected chi connectivity index (χ3v) is 3.23. The van der Waals surface area contributed by atoms with Crippen LogP contribution in [0.2, 0.25) is 0 Å². The summed E-state index contributed by atoms with van der Waals surface area (Å²) in [4.78, 5) is 11.4. The molecule has 0 spiro atoms. The molecular weight excluding hydrogens is 198 g/mol. The van der Waals surface area contributed by atoms with Crippen LogP contribution in [0.4, 0.5) is 0 Å². The van der Waals surface area contributed by atoms with Crippen molar-refractivity contribution in [2.24, 2.45) is 5.92 Å². The van der Waals surface area contributed by atoms with Crippen molar-refractivity contribution in [3.8, 4) is 0 Å². The number of nitrogens with one attached hydrogen (secondary N) is 1. The van der Waals surface area contributed by atoms with Gasteiger partial charge in [-0.05, 0) is 0 Å². The van der Waals surface area contributed by atoms with Crippen molar-refractivity contribution >= 4 is 5.91 Å². The van der Waals surface area contributed by atoms with E-state index in [4.69, 9.17) is 0 Å². The summed E-state index contributed by atoms with van der Waals surface area (Å²) in [6, 6.07) is 0. The molecule has 1 aliphatic rings. The van der Waals surface area contributed by atoms with E-state index in [0.717, 1.165) is 12.8 Å². The second-order valence-corrected chi connectivity index (χ2v) is 4.28. The van der Waals surface area contributed by atoms with Crippen molar-refractivity contribution in [1.82, 2.24) is 3.80 Å². The van der Waals surface area contributed by atoms with Gasteiger partial charge < -0.3 is 0 Å². The Hall–Kier alpha value is 0.184. The Labute approximate surface area is 92.6 Å². The predicted octanol–water partition coefficient (Wildman–Crippen LogP) is 2.32. The van der Waals surface area contributed by atoms with Gasteiger partial charge in [-0.25, -0.2) is 0 Å². The van der Waals surface area contributed by atoms with Gasteiger partial charge in [-0.2, -0.15) is 0 Å². The van der Waals surface area contributed by atoms with Crippen molar-refractivity contribution < 1.29 is 25.5 Å². The van der Waals surface area contributed by atoms with Gasteiger partial charge in [-0.3, -0.25) is 0 Å². The zero-order valence-electron chi connectivity index (χ0n) is 8.14. The van der Waals surface area contributed by atoms with Crippen LogP contribution in [0.25, 0.3) is 0 Å². The molecule has 0 unspecified atom stereocenters. The summed E-state index contributed by atoms with van der Waals surface area (Å²) in [6.45, 7) is 0. The van der Waals surface area contributed by atoms with Gasteiger partial charge in [0.05, 0.1) is 0 Å². The number of hydrogen-bond donors (Lipinski definition) is 1. The zero-order valence-corrected chi connectivity index (χ0v) is 9.70. The van der Waals surface area contributed by atoms with Crippen LogP contribution in [0, 0.1) is 5.92 Å². The Morgan fingerprint density at radius 3 is 1.92 bits per heavy atom. The van der Waals surface area contributed by atoms with E-state index in [9.17, 15) is 4.79 Å². The molecule has 0 aliphatic heterocycles. The number of carbonyl (C=O) groups is 1. The Bertz CT molecular complexity index is 151. The molecule has 1 aliphatic carbocycles. The predicted molar refractivity (Wildman–Crippen MR) is 48.6 cm³/mol. The van der Waals surface area contributed by atoms with Crippen molar-refractivity contribution in [3.05, 3.63) is 0 Å². The molecule has 0 aromatic heterocycles. The Balaban J connectivity index is 2.36. The molecule has 0 bridgehead atoms. The summed E-state index contributed by atoms with van der Waals surface area (Å²) in [5.74, 6) is 0.546. The first-order chi connectivity index (χ1) is 6.34. The fourth-order valence-corrected chi connectivity index (χ4v) is 2.32. The van der Waals surface area contributed by atoms with Gasteiger partial charge in [0.1, 0.15) is 0 Å². The minimum absolute atomic E-state index is 0.252. The molecule has 0 aromatic carbocycles. The van der Waals surface area contributed by atoms with E-state index in [-0.39, 0.29) is 5.91 Å². The van der Waals surface area contributed by atoms with E-state index in [1.54, 1.807) is 20.7 Å². The third kappa shape index (κ3) is 4.28. The molecule has 1 amide bonds. The molecule has 0 aromatic rings. The summed E-state index contributed by atoms with van der Waals surface area (Å²) in [5, 5.41) is 0. The van der Waals surface area contributed by atoms with E-state index in [2.05, 4.69) is 3.80 Å². The fraction of sp³-hybridized carbons (Fsp3) is 0.900. The van der Waals surface area contributed by atoms with Crippen molar-refractivity contribution in [2.45, 2.75) is 51.4 Å². The quantitative estimate of drug-likeness (QED) is 0.669. The van der Waals surface area contributed by atoms with Crippen LogP contribution in [0.15, 0.2) is 0 Å². The Morgan fingerprint density at radius 1 is 1.00 bits per heavy atom. The molecule has 1 rings (SSSR count). The number of rotatable bonds is 1. The van der Waals surface area contributed by atoms with Crippen LogP contribution in [0.5, 0.6) is 0 Å². The van der Waals surface area contributed by atoms with Gasteiger partial charge >= 0.3 is 92.5 Å². The summed E-state index contributed by atoms with van der Waals surface area (Å²) in [7, 11) is 0. The molecule has 2 nitrogen and oxygen atoms in total. The maximum absolute atomic E-state index is 11.4. The Kier molecular flexibility index (Phi) is 5.73. The van der Waals surface area contributed by atoms with Crippen LogP contribution >= 0.6 is 0 Å². The van der Waals surface area contributed by atoms with Gasteiger partial charge in [0.25, 0.3) is 0 Å². The maximum atomic E-state index is 11.4. The number of amides is 1. The van der Waals surface area contributed by atoms with Crippen LogP contribution < -0.4 is 3.80 Å². The number of carbonyl (C=O) groups excluding carboxylic acids is 1. The van der Waals surface area contributed by atoms with Gasteiger partial charge in [0.2, 0.25) is 0 Å². The molecule has 0 heterocycles. The number of hydrogen-bond acceptors (Lipinski definition) is 1. The average molecular weight is 216 g/mol. The molecule has 13 heavy (non-hydrogen) atoms. The first-order valence-corrected chi connectivity index (χ1v) is 6.09. The van der Waals surface area contributed by atoms with Crippen molar-refractivity contribution in [2.75, 3.05) is 0 Å². The molecule has 73 valence electrons. The van der Waals surface area contributed by atoms with Gasteiger partial charge in [-0.1, -0.05) is 0 Å². The van der Waals surface area contributed by atoms with Gasteiger partial charge in [0.15, 0.2) is 0 Å². The van der Waals surface area contributed by atoms with Gasteiger partial charge in [0, 0.05) is 0 Å². The third-order valence-electron chi connectivity index (χ3n) is 2.85. The van der Waals surface area contributed by atoms with Crippen LogP contribution in [-0.4, -0.2) is 5.91 Å². The second-order valence-electron chi connectivity index (χ2n) is 3.88. The topological polar surface area (TPSA) is 29.1 Å². The Morgan fingerprint density at radius 2 is 1.46 bits per heavy atom. The molecule has 3 heteroatoms. The summed E-state index contributed by atoms with van der Waals surface area (Å²) < 4.78 is 2.76. The standard InChI is InChI=1S/C10H19NO.Ti/c11-10(12)9-7-5-3-1-2-4-6-8-9;/h9H,1-8H2,(H2,11,12);/q;+1/p-1. The minimum atomic E-state index is 0.252. The van der Waals surface area contributed by atoms with Crippen LogP contribution in [0.3, 0.4) is 0 Å². The van der Waals surface area contributed by atoms with Crippen molar-refractivity contribution in [3.63, 3.8) is 0 Å². The normalized spacial score (nSPS) is 21.2. The first-order valence-electron chi connectivity index (χ1n) is 5.31. The van der Waals surface area contributed by atoms with E-state index < -0.39 is 0 Å². The molecule has 0 atom stereocenters. The van der Waals surface area contributed by atoms with E-state index in [1.165, 1.54) is 38.5 Å². The summed E-state index contributed by atoms with van der Waals surface area (Å²) in [5.41, 5.74) is 0. The van der Waals surface area contributed by atoms with E-state index in [1.807, 2.05) is 0 Å². The van der Waals surface area contributed by atoms with Crippen molar-refractivity contribution in [1.29, 1.82) is 0 Å². The molecule has 0 saturated heterocycles. The molecule has 0 radical (unpaired) electrons. The second kappa shape index (κ2) is 6.61.